The Morgan fingerprint density at radius 3 is 2.88 bits per heavy atom. The highest BCUT2D eigenvalue weighted by molar-refractivity contribution is 6.30. The Morgan fingerprint density at radius 1 is 1.25 bits per heavy atom. The van der Waals surface area contributed by atoms with Gasteiger partial charge in [-0.2, -0.15) is 5.10 Å². The number of pyridine rings is 1. The topological polar surface area (TPSA) is 35.1 Å². The van der Waals surface area contributed by atoms with Gasteiger partial charge in [-0.15, -0.1) is 0 Å². The van der Waals surface area contributed by atoms with Crippen molar-refractivity contribution in [2.45, 2.75) is 0 Å². The van der Waals surface area contributed by atoms with E-state index in [0.717, 1.165) is 16.8 Å². The summed E-state index contributed by atoms with van der Waals surface area (Å²) in [7, 11) is 1.89. The van der Waals surface area contributed by atoms with Gasteiger partial charge in [-0.3, -0.25) is 9.08 Å². The standard InChI is InChI=1S/C11H9ClN4/c1-15-7-9(6-14-15)8-4-10(12)16-3-2-13-11(16)5-8/h2-7H,1H3. The Bertz CT molecular complexity index is 653. The summed E-state index contributed by atoms with van der Waals surface area (Å²) >= 11 is 6.16. The zero-order valence-electron chi connectivity index (χ0n) is 8.63. The van der Waals surface area contributed by atoms with Crippen molar-refractivity contribution in [3.05, 3.63) is 42.1 Å². The molecule has 0 radical (unpaired) electrons. The number of hydrogen-bond donors (Lipinski definition) is 0. The third kappa shape index (κ3) is 1.39. The van der Waals surface area contributed by atoms with Gasteiger partial charge < -0.3 is 0 Å². The highest BCUT2D eigenvalue weighted by atomic mass is 35.5. The highest BCUT2D eigenvalue weighted by Crippen LogP contribution is 2.24. The molecule has 0 aliphatic heterocycles. The molecule has 0 spiro atoms. The zero-order chi connectivity index (χ0) is 11.1. The van der Waals surface area contributed by atoms with Gasteiger partial charge in [0.25, 0.3) is 0 Å². The summed E-state index contributed by atoms with van der Waals surface area (Å²) in [5, 5.41) is 4.78. The van der Waals surface area contributed by atoms with Gasteiger partial charge >= 0.3 is 0 Å². The number of aryl methyl sites for hydroxylation is 1. The van der Waals surface area contributed by atoms with E-state index in [1.807, 2.05) is 42.2 Å². The SMILES string of the molecule is Cn1cc(-c2cc(Cl)n3ccnc3c2)cn1. The number of aromatic nitrogens is 4. The third-order valence-corrected chi connectivity index (χ3v) is 2.79. The van der Waals surface area contributed by atoms with Crippen molar-refractivity contribution in [2.75, 3.05) is 0 Å². The van der Waals surface area contributed by atoms with E-state index in [1.165, 1.54) is 0 Å². The molecule has 3 aromatic heterocycles. The predicted molar refractivity (Wildman–Crippen MR) is 62.4 cm³/mol. The van der Waals surface area contributed by atoms with Crippen LogP contribution in [0.1, 0.15) is 0 Å². The molecule has 3 heterocycles. The quantitative estimate of drug-likeness (QED) is 0.604. The fourth-order valence-electron chi connectivity index (χ4n) is 1.72. The first-order valence-corrected chi connectivity index (χ1v) is 5.23. The molecule has 0 amide bonds. The van der Waals surface area contributed by atoms with Gasteiger partial charge in [0.2, 0.25) is 0 Å². The van der Waals surface area contributed by atoms with Crippen molar-refractivity contribution in [1.29, 1.82) is 0 Å². The minimum atomic E-state index is 0.647. The molecule has 0 aromatic carbocycles. The van der Waals surface area contributed by atoms with Crippen LogP contribution in [0, 0.1) is 0 Å². The van der Waals surface area contributed by atoms with Crippen LogP contribution in [0.5, 0.6) is 0 Å². The lowest BCUT2D eigenvalue weighted by molar-refractivity contribution is 0.768. The third-order valence-electron chi connectivity index (χ3n) is 2.50. The Labute approximate surface area is 97.1 Å². The fourth-order valence-corrected chi connectivity index (χ4v) is 1.98. The van der Waals surface area contributed by atoms with Gasteiger partial charge in [-0.1, -0.05) is 11.6 Å². The van der Waals surface area contributed by atoms with E-state index in [2.05, 4.69) is 10.1 Å². The van der Waals surface area contributed by atoms with Crippen LogP contribution in [0.2, 0.25) is 5.15 Å². The summed E-state index contributed by atoms with van der Waals surface area (Å²) in [6, 6.07) is 3.90. The van der Waals surface area contributed by atoms with Gasteiger partial charge in [0, 0.05) is 31.2 Å². The van der Waals surface area contributed by atoms with Crippen LogP contribution in [-0.2, 0) is 7.05 Å². The maximum Gasteiger partial charge on any atom is 0.138 e. The van der Waals surface area contributed by atoms with Gasteiger partial charge in [0.15, 0.2) is 0 Å². The number of imidazole rings is 1. The van der Waals surface area contributed by atoms with Crippen molar-refractivity contribution < 1.29 is 0 Å². The van der Waals surface area contributed by atoms with E-state index >= 15 is 0 Å². The molecular formula is C11H9ClN4. The van der Waals surface area contributed by atoms with Crippen LogP contribution in [0.3, 0.4) is 0 Å². The van der Waals surface area contributed by atoms with E-state index in [4.69, 9.17) is 11.6 Å². The summed E-state index contributed by atoms with van der Waals surface area (Å²) in [5.41, 5.74) is 2.90. The molecule has 0 unspecified atom stereocenters. The van der Waals surface area contributed by atoms with Gasteiger partial charge in [-0.25, -0.2) is 4.98 Å². The number of fused-ring (bicyclic) bond motifs is 1. The first-order chi connectivity index (χ1) is 7.74. The molecule has 16 heavy (non-hydrogen) atoms. The fraction of sp³-hybridized carbons (Fsp3) is 0.0909. The molecule has 0 saturated heterocycles. The minimum Gasteiger partial charge on any atom is -0.290 e. The number of halogens is 1. The minimum absolute atomic E-state index is 0.647. The normalized spacial score (nSPS) is 11.1. The van der Waals surface area contributed by atoms with Gasteiger partial charge in [-0.05, 0) is 17.7 Å². The van der Waals surface area contributed by atoms with Gasteiger partial charge in [0.05, 0.1) is 6.20 Å². The lowest BCUT2D eigenvalue weighted by atomic mass is 10.1. The lowest BCUT2D eigenvalue weighted by Crippen LogP contribution is -1.87. The summed E-state index contributed by atoms with van der Waals surface area (Å²) in [6.07, 6.45) is 7.33. The second kappa shape index (κ2) is 3.35. The molecule has 3 rings (SSSR count). The molecule has 0 saturated carbocycles. The van der Waals surface area contributed by atoms with Crippen molar-refractivity contribution in [3.63, 3.8) is 0 Å². The molecule has 0 bridgehead atoms. The van der Waals surface area contributed by atoms with Crippen molar-refractivity contribution in [2.24, 2.45) is 7.05 Å². The average molecular weight is 233 g/mol. The molecule has 4 nitrogen and oxygen atoms in total. The largest absolute Gasteiger partial charge is 0.290 e. The van der Waals surface area contributed by atoms with E-state index in [9.17, 15) is 0 Å². The molecule has 5 heteroatoms. The Balaban J connectivity index is 2.24. The zero-order valence-corrected chi connectivity index (χ0v) is 9.39. The van der Waals surface area contributed by atoms with Gasteiger partial charge in [0.1, 0.15) is 10.8 Å². The summed E-state index contributed by atoms with van der Waals surface area (Å²) < 4.78 is 3.60. The van der Waals surface area contributed by atoms with Crippen LogP contribution in [-0.4, -0.2) is 19.2 Å². The maximum atomic E-state index is 6.16. The maximum absolute atomic E-state index is 6.16. The van der Waals surface area contributed by atoms with E-state index in [0.29, 0.717) is 5.15 Å². The second-order valence-electron chi connectivity index (χ2n) is 3.62. The van der Waals surface area contributed by atoms with Crippen LogP contribution < -0.4 is 0 Å². The Hall–Kier alpha value is -1.81. The summed E-state index contributed by atoms with van der Waals surface area (Å²) in [5.74, 6) is 0. The Kier molecular flexibility index (Phi) is 1.97. The molecule has 0 N–H and O–H groups in total. The van der Waals surface area contributed by atoms with E-state index in [1.54, 1.807) is 10.9 Å². The summed E-state index contributed by atoms with van der Waals surface area (Å²) in [6.45, 7) is 0. The Morgan fingerprint density at radius 2 is 2.12 bits per heavy atom. The lowest BCUT2D eigenvalue weighted by Gasteiger charge is -2.01. The summed E-state index contributed by atoms with van der Waals surface area (Å²) in [4.78, 5) is 4.22. The number of nitrogens with zero attached hydrogens (tertiary/aromatic N) is 4. The molecule has 0 fully saturated rings. The van der Waals surface area contributed by atoms with E-state index in [-0.39, 0.29) is 0 Å². The monoisotopic (exact) mass is 232 g/mol. The number of rotatable bonds is 1. The van der Waals surface area contributed by atoms with Crippen LogP contribution in [0.4, 0.5) is 0 Å². The smallest absolute Gasteiger partial charge is 0.138 e. The second-order valence-corrected chi connectivity index (χ2v) is 4.01. The first kappa shape index (κ1) is 9.42. The molecule has 0 atom stereocenters. The van der Waals surface area contributed by atoms with Crippen LogP contribution in [0.15, 0.2) is 36.9 Å². The molecule has 0 aliphatic carbocycles. The molecular weight excluding hydrogens is 224 g/mol. The van der Waals surface area contributed by atoms with E-state index < -0.39 is 0 Å². The highest BCUT2D eigenvalue weighted by Gasteiger charge is 2.05. The average Bonchev–Trinajstić information content (AvgIpc) is 2.85. The first-order valence-electron chi connectivity index (χ1n) is 4.86. The van der Waals surface area contributed by atoms with Crippen LogP contribution in [0.25, 0.3) is 16.8 Å². The molecule has 0 aliphatic rings. The molecule has 80 valence electrons. The number of hydrogen-bond acceptors (Lipinski definition) is 2. The predicted octanol–water partition coefficient (Wildman–Crippen LogP) is 2.39. The molecule has 3 aromatic rings. The van der Waals surface area contributed by atoms with Crippen LogP contribution >= 0.6 is 11.6 Å². The van der Waals surface area contributed by atoms with Crippen molar-refractivity contribution in [3.8, 4) is 11.1 Å². The van der Waals surface area contributed by atoms with Crippen molar-refractivity contribution >= 4 is 17.2 Å². The van der Waals surface area contributed by atoms with Crippen molar-refractivity contribution in [1.82, 2.24) is 19.2 Å².